The van der Waals surface area contributed by atoms with Crippen molar-refractivity contribution in [2.75, 3.05) is 0 Å². The summed E-state index contributed by atoms with van der Waals surface area (Å²) in [7, 11) is 0. The van der Waals surface area contributed by atoms with Gasteiger partial charge in [0.05, 0.1) is 0 Å². The first-order valence-electron chi connectivity index (χ1n) is 40.1. The van der Waals surface area contributed by atoms with Crippen molar-refractivity contribution in [1.82, 2.24) is 0 Å². The number of fused-ring (bicyclic) bond motifs is 8. The number of rotatable bonds is 11. The molecular formula is C116H78. The highest BCUT2D eigenvalue weighted by molar-refractivity contribution is 6.25. The Hall–Kier alpha value is -15.1. The highest BCUT2D eigenvalue weighted by atomic mass is 14.3. The zero-order chi connectivity index (χ0) is 77.1. The molecule has 0 aromatic heterocycles. The molecule has 0 aliphatic carbocycles. The van der Waals surface area contributed by atoms with E-state index in [1.807, 2.05) is 0 Å². The number of benzene rings is 22. The van der Waals surface area contributed by atoms with Crippen LogP contribution in [0.25, 0.3) is 209 Å². The molecule has 0 bridgehead atoms. The van der Waals surface area contributed by atoms with Gasteiger partial charge in [0.2, 0.25) is 0 Å². The van der Waals surface area contributed by atoms with Gasteiger partial charge in [-0.1, -0.05) is 425 Å². The Balaban J connectivity index is 0.000000116. The smallest absolute Gasteiger partial charge is 0.00259 e. The van der Waals surface area contributed by atoms with Crippen LogP contribution in [0.4, 0.5) is 0 Å². The van der Waals surface area contributed by atoms with Gasteiger partial charge in [-0.2, -0.15) is 0 Å². The third-order valence-corrected chi connectivity index (χ3v) is 23.1. The van der Waals surface area contributed by atoms with Gasteiger partial charge < -0.3 is 0 Å². The van der Waals surface area contributed by atoms with Gasteiger partial charge in [-0.25, -0.2) is 0 Å². The number of hydrogen-bond acceptors (Lipinski definition) is 0. The van der Waals surface area contributed by atoms with E-state index in [9.17, 15) is 0 Å². The Morgan fingerprint density at radius 3 is 0.517 bits per heavy atom. The second kappa shape index (κ2) is 31.2. The first-order chi connectivity index (χ1) is 57.6. The van der Waals surface area contributed by atoms with Gasteiger partial charge in [-0.05, 0) is 257 Å². The van der Waals surface area contributed by atoms with Crippen LogP contribution in [0, 0.1) is 0 Å². The molecule has 22 aromatic carbocycles. The molecule has 0 heteroatoms. The Bertz CT molecular complexity index is 6900. The SMILES string of the molecule is c1ccc(-c2c3ccccc3c(-c3ccc(-c4ccc5ccccc5c4)cc3)c3ccccc23)cc1.c1ccc(-c2c3ccccc3c(-c3ccc4ccccc4c3)c3ccccc23)cc1.c1ccc(-c2cc(-c3ccccc3)cc(-c3c4ccccc4c(-c4cc(-c5ccccc5)cc(-c5ccccc5)c4)c4ccccc34)c2)cc1. The molecule has 0 fully saturated rings. The van der Waals surface area contributed by atoms with E-state index >= 15 is 0 Å². The van der Waals surface area contributed by atoms with E-state index in [4.69, 9.17) is 0 Å². The van der Waals surface area contributed by atoms with Crippen molar-refractivity contribution in [3.63, 3.8) is 0 Å². The van der Waals surface area contributed by atoms with Gasteiger partial charge in [0, 0.05) is 0 Å². The predicted octanol–water partition coefficient (Wildman–Crippen LogP) is 32.6. The van der Waals surface area contributed by atoms with Gasteiger partial charge in [0.1, 0.15) is 0 Å². The van der Waals surface area contributed by atoms with Crippen molar-refractivity contribution < 1.29 is 0 Å². The lowest BCUT2D eigenvalue weighted by molar-refractivity contribution is 1.57. The van der Waals surface area contributed by atoms with Crippen LogP contribution >= 0.6 is 0 Å². The van der Waals surface area contributed by atoms with Gasteiger partial charge >= 0.3 is 0 Å². The molecule has 0 saturated carbocycles. The van der Waals surface area contributed by atoms with Crippen LogP contribution in [0.15, 0.2) is 473 Å². The summed E-state index contributed by atoms with van der Waals surface area (Å²) in [4.78, 5) is 0. The van der Waals surface area contributed by atoms with E-state index < -0.39 is 0 Å². The lowest BCUT2D eigenvalue weighted by Crippen LogP contribution is -1.93. The maximum absolute atomic E-state index is 2.37. The van der Waals surface area contributed by atoms with Crippen LogP contribution in [0.1, 0.15) is 0 Å². The molecule has 0 aliphatic heterocycles. The topological polar surface area (TPSA) is 0 Å². The van der Waals surface area contributed by atoms with Crippen molar-refractivity contribution >= 4 is 86.2 Å². The quantitative estimate of drug-likeness (QED) is 0.113. The lowest BCUT2D eigenvalue weighted by Gasteiger charge is -2.20. The summed E-state index contributed by atoms with van der Waals surface area (Å²) in [5.74, 6) is 0. The molecule has 22 aromatic rings. The van der Waals surface area contributed by atoms with E-state index in [0.717, 1.165) is 0 Å². The molecule has 0 nitrogen and oxygen atoms in total. The molecule has 0 aliphatic rings. The summed E-state index contributed by atoms with van der Waals surface area (Å²) >= 11 is 0. The zero-order valence-corrected chi connectivity index (χ0v) is 64.0. The maximum Gasteiger partial charge on any atom is -0.00259 e. The fourth-order valence-corrected chi connectivity index (χ4v) is 17.7. The van der Waals surface area contributed by atoms with E-state index in [2.05, 4.69) is 473 Å². The van der Waals surface area contributed by atoms with E-state index in [-0.39, 0.29) is 0 Å². The molecule has 0 unspecified atom stereocenters. The standard InChI is InChI=1S/C50H34.C36H24.C30H20/c1-5-17-35(18-6-1)39-29-40(36-19-7-2-8-20-36)32-43(31-39)49-45-25-13-15-27-47(45)50(48-28-16-14-26-46(48)49)44-33-41(37-21-9-3-10-22-37)30-42(34-44)38-23-11-4-12-24-38;1-2-11-27(12-3-1)35-31-14-6-8-16-33(31)36(34-17-9-7-15-32(34)35)28-21-18-26(19-22-28)30-23-20-25-10-4-5-13-29(25)24-30;1-2-11-22(12-3-1)29-25-14-6-8-16-27(25)30(28-17-9-7-15-26(28)29)24-19-18-21-10-4-5-13-23(21)20-24/h1-34H;1-24H;1-20H. The van der Waals surface area contributed by atoms with Crippen LogP contribution in [0.5, 0.6) is 0 Å². The van der Waals surface area contributed by atoms with Crippen molar-refractivity contribution in [3.05, 3.63) is 473 Å². The molecule has 0 N–H and O–H groups in total. The van der Waals surface area contributed by atoms with Crippen molar-refractivity contribution in [2.24, 2.45) is 0 Å². The molecule has 542 valence electrons. The lowest BCUT2D eigenvalue weighted by atomic mass is 9.83. The average molecular weight is 1470 g/mol. The van der Waals surface area contributed by atoms with Gasteiger partial charge in [0.25, 0.3) is 0 Å². The summed E-state index contributed by atoms with van der Waals surface area (Å²) in [6, 6.07) is 172. The predicted molar refractivity (Wildman–Crippen MR) is 499 cm³/mol. The van der Waals surface area contributed by atoms with E-state index in [0.29, 0.717) is 0 Å². The van der Waals surface area contributed by atoms with Gasteiger partial charge in [0.15, 0.2) is 0 Å². The first kappa shape index (κ1) is 70.1. The van der Waals surface area contributed by atoms with Crippen LogP contribution in [0.2, 0.25) is 0 Å². The summed E-state index contributed by atoms with van der Waals surface area (Å²) in [5, 5.41) is 20.4. The third-order valence-electron chi connectivity index (χ3n) is 23.1. The highest BCUT2D eigenvalue weighted by Gasteiger charge is 2.22. The van der Waals surface area contributed by atoms with Crippen LogP contribution in [-0.2, 0) is 0 Å². The minimum absolute atomic E-state index is 1.21. The zero-order valence-electron chi connectivity index (χ0n) is 64.0. The van der Waals surface area contributed by atoms with E-state index in [1.165, 1.54) is 209 Å². The molecule has 0 radical (unpaired) electrons. The van der Waals surface area contributed by atoms with Crippen LogP contribution in [-0.4, -0.2) is 0 Å². The summed E-state index contributed by atoms with van der Waals surface area (Å²) < 4.78 is 0. The van der Waals surface area contributed by atoms with Gasteiger partial charge in [-0.15, -0.1) is 0 Å². The van der Waals surface area contributed by atoms with Crippen molar-refractivity contribution in [3.8, 4) is 122 Å². The normalized spacial score (nSPS) is 11.3. The highest BCUT2D eigenvalue weighted by Crippen LogP contribution is 2.50. The minimum Gasteiger partial charge on any atom is -0.0622 e. The largest absolute Gasteiger partial charge is 0.0622 e. The molecule has 22 rings (SSSR count). The fraction of sp³-hybridized carbons (Fsp3) is 0. The molecular weight excluding hydrogens is 1390 g/mol. The Labute approximate surface area is 677 Å². The van der Waals surface area contributed by atoms with E-state index in [1.54, 1.807) is 0 Å². The second-order valence-corrected chi connectivity index (χ2v) is 30.0. The van der Waals surface area contributed by atoms with Crippen molar-refractivity contribution in [2.45, 2.75) is 0 Å². The Morgan fingerprint density at radius 1 is 0.0776 bits per heavy atom. The second-order valence-electron chi connectivity index (χ2n) is 30.0. The first-order valence-corrected chi connectivity index (χ1v) is 40.1. The van der Waals surface area contributed by atoms with Crippen LogP contribution < -0.4 is 0 Å². The average Bonchev–Trinajstić information content (AvgIpc) is 0.735. The molecule has 0 atom stereocenters. The molecule has 116 heavy (non-hydrogen) atoms. The summed E-state index contributed by atoms with van der Waals surface area (Å²) in [6.07, 6.45) is 0. The fourth-order valence-electron chi connectivity index (χ4n) is 17.7. The third kappa shape index (κ3) is 13.5. The monoisotopic (exact) mass is 1470 g/mol. The van der Waals surface area contributed by atoms with Crippen LogP contribution in [0.3, 0.4) is 0 Å². The maximum atomic E-state index is 2.37. The number of hydrogen-bond donors (Lipinski definition) is 0. The molecule has 0 spiro atoms. The van der Waals surface area contributed by atoms with Gasteiger partial charge in [-0.3, -0.25) is 0 Å². The molecule has 0 saturated heterocycles. The minimum atomic E-state index is 1.21. The summed E-state index contributed by atoms with van der Waals surface area (Å²) in [5.41, 5.74) is 27.4. The Morgan fingerprint density at radius 2 is 0.241 bits per heavy atom. The molecule has 0 amide bonds. The molecule has 0 heterocycles. The summed E-state index contributed by atoms with van der Waals surface area (Å²) in [6.45, 7) is 0. The Kier molecular flexibility index (Phi) is 18.9. The van der Waals surface area contributed by atoms with Crippen molar-refractivity contribution in [1.29, 1.82) is 0 Å².